The molecule has 1 aliphatic heterocycles. The SMILES string of the molecule is CC(=O)COc1cnc(N2CC(N(C)CC(C)=O)C2)nc1. The number of ketones is 2. The van der Waals surface area contributed by atoms with Crippen LogP contribution in [0.3, 0.4) is 0 Å². The highest BCUT2D eigenvalue weighted by Gasteiger charge is 2.31. The van der Waals surface area contributed by atoms with Crippen LogP contribution in [0.2, 0.25) is 0 Å². The van der Waals surface area contributed by atoms with Gasteiger partial charge in [0.2, 0.25) is 5.95 Å². The van der Waals surface area contributed by atoms with Crippen molar-refractivity contribution in [2.24, 2.45) is 0 Å². The van der Waals surface area contributed by atoms with E-state index in [0.29, 0.717) is 24.3 Å². The molecule has 0 saturated carbocycles. The second kappa shape index (κ2) is 6.62. The van der Waals surface area contributed by atoms with Gasteiger partial charge in [0.1, 0.15) is 12.4 Å². The average molecular weight is 292 g/mol. The second-order valence-electron chi connectivity index (χ2n) is 5.39. The van der Waals surface area contributed by atoms with Crippen molar-refractivity contribution in [1.82, 2.24) is 14.9 Å². The number of anilines is 1. The van der Waals surface area contributed by atoms with E-state index in [9.17, 15) is 9.59 Å². The van der Waals surface area contributed by atoms with Gasteiger partial charge in [0.25, 0.3) is 0 Å². The van der Waals surface area contributed by atoms with Gasteiger partial charge in [0.15, 0.2) is 11.5 Å². The van der Waals surface area contributed by atoms with E-state index in [4.69, 9.17) is 4.74 Å². The Morgan fingerprint density at radius 3 is 2.43 bits per heavy atom. The molecule has 0 N–H and O–H groups in total. The molecule has 0 unspecified atom stereocenters. The average Bonchev–Trinajstić information content (AvgIpc) is 2.35. The molecule has 0 aliphatic carbocycles. The molecule has 0 spiro atoms. The van der Waals surface area contributed by atoms with Gasteiger partial charge < -0.3 is 9.64 Å². The molecule has 2 heterocycles. The smallest absolute Gasteiger partial charge is 0.225 e. The van der Waals surface area contributed by atoms with Crippen LogP contribution in [0.15, 0.2) is 12.4 Å². The fourth-order valence-electron chi connectivity index (χ4n) is 2.11. The van der Waals surface area contributed by atoms with Crippen molar-refractivity contribution in [2.45, 2.75) is 19.9 Å². The fourth-order valence-corrected chi connectivity index (χ4v) is 2.11. The minimum atomic E-state index is -0.0434. The summed E-state index contributed by atoms with van der Waals surface area (Å²) in [6.45, 7) is 5.17. The molecule has 1 aromatic heterocycles. The lowest BCUT2D eigenvalue weighted by atomic mass is 10.1. The normalized spacial score (nSPS) is 15.0. The molecular weight excluding hydrogens is 272 g/mol. The zero-order chi connectivity index (χ0) is 15.4. The Hall–Kier alpha value is -2.02. The maximum Gasteiger partial charge on any atom is 0.225 e. The molecule has 7 nitrogen and oxygen atoms in total. The standard InChI is InChI=1S/C14H20N4O3/c1-10(19)6-17(3)12-7-18(8-12)14-15-4-13(5-16-14)21-9-11(2)20/h4-5,12H,6-9H2,1-3H3. The quantitative estimate of drug-likeness (QED) is 0.708. The molecule has 0 bridgehead atoms. The van der Waals surface area contributed by atoms with E-state index in [0.717, 1.165) is 13.1 Å². The van der Waals surface area contributed by atoms with Gasteiger partial charge in [-0.05, 0) is 20.9 Å². The van der Waals surface area contributed by atoms with Crippen LogP contribution in [-0.2, 0) is 9.59 Å². The number of Topliss-reactive ketones (excluding diaryl/α,β-unsaturated/α-hetero) is 2. The minimum Gasteiger partial charge on any atom is -0.483 e. The van der Waals surface area contributed by atoms with Crippen LogP contribution in [-0.4, -0.2) is 65.8 Å². The van der Waals surface area contributed by atoms with Crippen LogP contribution in [0.4, 0.5) is 5.95 Å². The predicted molar refractivity (Wildman–Crippen MR) is 77.5 cm³/mol. The van der Waals surface area contributed by atoms with E-state index in [1.807, 2.05) is 16.8 Å². The van der Waals surface area contributed by atoms with E-state index in [2.05, 4.69) is 9.97 Å². The molecule has 0 aromatic carbocycles. The summed E-state index contributed by atoms with van der Waals surface area (Å²) >= 11 is 0. The Balaban J connectivity index is 1.82. The van der Waals surface area contributed by atoms with Crippen molar-refractivity contribution in [2.75, 3.05) is 38.2 Å². The molecule has 1 saturated heterocycles. The van der Waals surface area contributed by atoms with Crippen molar-refractivity contribution in [3.8, 4) is 5.75 Å². The topological polar surface area (TPSA) is 75.6 Å². The minimum absolute atomic E-state index is 0.0321. The van der Waals surface area contributed by atoms with Gasteiger partial charge in [-0.2, -0.15) is 0 Å². The number of hydrogen-bond donors (Lipinski definition) is 0. The first-order valence-corrected chi connectivity index (χ1v) is 6.84. The Kier molecular flexibility index (Phi) is 4.85. The highest BCUT2D eigenvalue weighted by Crippen LogP contribution is 2.20. The molecule has 0 radical (unpaired) electrons. The summed E-state index contributed by atoms with van der Waals surface area (Å²) in [7, 11) is 1.95. The molecule has 7 heteroatoms. The van der Waals surface area contributed by atoms with Gasteiger partial charge in [-0.15, -0.1) is 0 Å². The van der Waals surface area contributed by atoms with Crippen LogP contribution < -0.4 is 9.64 Å². The molecule has 21 heavy (non-hydrogen) atoms. The molecule has 114 valence electrons. The number of rotatable bonds is 7. The molecule has 0 atom stereocenters. The van der Waals surface area contributed by atoms with Crippen molar-refractivity contribution in [3.63, 3.8) is 0 Å². The van der Waals surface area contributed by atoms with Crippen molar-refractivity contribution >= 4 is 17.5 Å². The van der Waals surface area contributed by atoms with Gasteiger partial charge in [0.05, 0.1) is 18.9 Å². The van der Waals surface area contributed by atoms with Gasteiger partial charge >= 0.3 is 0 Å². The molecular formula is C14H20N4O3. The highest BCUT2D eigenvalue weighted by atomic mass is 16.5. The van der Waals surface area contributed by atoms with Crippen LogP contribution >= 0.6 is 0 Å². The first-order valence-electron chi connectivity index (χ1n) is 6.84. The van der Waals surface area contributed by atoms with Gasteiger partial charge in [-0.25, -0.2) is 9.97 Å². The Bertz CT molecular complexity index is 511. The lowest BCUT2D eigenvalue weighted by Gasteiger charge is -2.43. The maximum atomic E-state index is 11.1. The number of carbonyl (C=O) groups excluding carboxylic acids is 2. The predicted octanol–water partition coefficient (Wildman–Crippen LogP) is 0.154. The Morgan fingerprint density at radius 2 is 1.90 bits per heavy atom. The largest absolute Gasteiger partial charge is 0.483 e. The summed E-state index contributed by atoms with van der Waals surface area (Å²) in [5.74, 6) is 1.25. The van der Waals surface area contributed by atoms with Gasteiger partial charge in [0, 0.05) is 19.1 Å². The first kappa shape index (κ1) is 15.4. The van der Waals surface area contributed by atoms with E-state index < -0.39 is 0 Å². The fraction of sp³-hybridized carbons (Fsp3) is 0.571. The molecule has 1 fully saturated rings. The number of carbonyl (C=O) groups is 2. The Morgan fingerprint density at radius 1 is 1.29 bits per heavy atom. The van der Waals surface area contributed by atoms with Crippen molar-refractivity contribution in [3.05, 3.63) is 12.4 Å². The molecule has 1 aliphatic rings. The summed E-state index contributed by atoms with van der Waals surface area (Å²) < 4.78 is 5.22. The summed E-state index contributed by atoms with van der Waals surface area (Å²) in [6.07, 6.45) is 3.13. The summed E-state index contributed by atoms with van der Waals surface area (Å²) in [6, 6.07) is 0.353. The number of nitrogens with zero attached hydrogens (tertiary/aromatic N) is 4. The third-order valence-electron chi connectivity index (χ3n) is 3.30. The number of aromatic nitrogens is 2. The number of hydrogen-bond acceptors (Lipinski definition) is 7. The highest BCUT2D eigenvalue weighted by molar-refractivity contribution is 5.77. The zero-order valence-electron chi connectivity index (χ0n) is 12.6. The van der Waals surface area contributed by atoms with Crippen molar-refractivity contribution in [1.29, 1.82) is 0 Å². The van der Waals surface area contributed by atoms with Crippen LogP contribution in [0.25, 0.3) is 0 Å². The lowest BCUT2D eigenvalue weighted by molar-refractivity contribution is -0.119. The first-order chi connectivity index (χ1) is 9.95. The summed E-state index contributed by atoms with van der Waals surface area (Å²) in [5.41, 5.74) is 0. The molecule has 1 aromatic rings. The van der Waals surface area contributed by atoms with Gasteiger partial charge in [-0.3, -0.25) is 14.5 Å². The zero-order valence-corrected chi connectivity index (χ0v) is 12.6. The van der Waals surface area contributed by atoms with Crippen LogP contribution in [0.5, 0.6) is 5.75 Å². The van der Waals surface area contributed by atoms with Gasteiger partial charge in [-0.1, -0.05) is 0 Å². The maximum absolute atomic E-state index is 11.1. The summed E-state index contributed by atoms with van der Waals surface area (Å²) in [5, 5.41) is 0. The van der Waals surface area contributed by atoms with Crippen molar-refractivity contribution < 1.29 is 14.3 Å². The summed E-state index contributed by atoms with van der Waals surface area (Å²) in [4.78, 5) is 34.4. The van der Waals surface area contributed by atoms with E-state index in [1.165, 1.54) is 6.92 Å². The number of ether oxygens (including phenoxy) is 1. The van der Waals surface area contributed by atoms with E-state index in [1.54, 1.807) is 19.3 Å². The van der Waals surface area contributed by atoms with Crippen LogP contribution in [0.1, 0.15) is 13.8 Å². The third-order valence-corrected chi connectivity index (χ3v) is 3.30. The third kappa shape index (κ3) is 4.22. The molecule has 0 amide bonds. The molecule has 2 rings (SSSR count). The monoisotopic (exact) mass is 292 g/mol. The Labute approximate surface area is 123 Å². The van der Waals surface area contributed by atoms with E-state index >= 15 is 0 Å². The second-order valence-corrected chi connectivity index (χ2v) is 5.39. The number of likely N-dealkylation sites (N-methyl/N-ethyl adjacent to an activating group) is 1. The van der Waals surface area contributed by atoms with Crippen LogP contribution in [0, 0.1) is 0 Å². The van der Waals surface area contributed by atoms with E-state index in [-0.39, 0.29) is 18.2 Å². The lowest BCUT2D eigenvalue weighted by Crippen LogP contribution is -2.59.